The van der Waals surface area contributed by atoms with Crippen LogP contribution in [0.2, 0.25) is 5.15 Å². The summed E-state index contributed by atoms with van der Waals surface area (Å²) in [6, 6.07) is 1.12. The van der Waals surface area contributed by atoms with Gasteiger partial charge in [-0.05, 0) is 6.92 Å². The minimum atomic E-state index is -0.505. The minimum Gasteiger partial charge on any atom is -0.377 e. The lowest BCUT2D eigenvalue weighted by atomic mass is 10.2. The zero-order valence-corrected chi connectivity index (χ0v) is 10.1. The third-order valence-corrected chi connectivity index (χ3v) is 2.74. The van der Waals surface area contributed by atoms with Crippen molar-refractivity contribution in [2.75, 3.05) is 24.7 Å². The van der Waals surface area contributed by atoms with Crippen molar-refractivity contribution in [2.24, 2.45) is 5.73 Å². The maximum atomic E-state index is 11.3. The second kappa shape index (κ2) is 4.85. The number of nitrogens with two attached hydrogens (primary N) is 1. The third kappa shape index (κ3) is 2.65. The summed E-state index contributed by atoms with van der Waals surface area (Å²) in [4.78, 5) is 21.4. The highest BCUT2D eigenvalue weighted by molar-refractivity contribution is 6.29. The van der Waals surface area contributed by atoms with E-state index in [-0.39, 0.29) is 6.61 Å². The van der Waals surface area contributed by atoms with Crippen LogP contribution < -0.4 is 10.6 Å². The largest absolute Gasteiger partial charge is 0.377 e. The Labute approximate surface area is 104 Å². The Morgan fingerprint density at radius 3 is 3.06 bits per heavy atom. The highest BCUT2D eigenvalue weighted by Gasteiger charge is 2.29. The van der Waals surface area contributed by atoms with Crippen molar-refractivity contribution in [2.45, 2.75) is 13.0 Å². The fourth-order valence-electron chi connectivity index (χ4n) is 1.78. The fourth-order valence-corrected chi connectivity index (χ4v) is 2.00. The van der Waals surface area contributed by atoms with Gasteiger partial charge in [0.05, 0.1) is 13.2 Å². The van der Waals surface area contributed by atoms with E-state index in [4.69, 9.17) is 22.1 Å². The van der Waals surface area contributed by atoms with Gasteiger partial charge < -0.3 is 15.4 Å². The van der Waals surface area contributed by atoms with Crippen LogP contribution in [0.25, 0.3) is 0 Å². The van der Waals surface area contributed by atoms with Crippen molar-refractivity contribution in [3.63, 3.8) is 0 Å². The number of amides is 1. The smallest absolute Gasteiger partial charge is 0.242 e. The zero-order valence-electron chi connectivity index (χ0n) is 9.39. The number of primary amides is 1. The molecule has 0 bridgehead atoms. The number of morpholine rings is 1. The summed E-state index contributed by atoms with van der Waals surface area (Å²) in [7, 11) is 0. The summed E-state index contributed by atoms with van der Waals surface area (Å²) in [6.07, 6.45) is 0. The van der Waals surface area contributed by atoms with E-state index in [1.165, 1.54) is 0 Å². The van der Waals surface area contributed by atoms with E-state index in [1.807, 2.05) is 0 Å². The molecule has 7 heteroatoms. The van der Waals surface area contributed by atoms with Gasteiger partial charge >= 0.3 is 0 Å². The third-order valence-electron chi connectivity index (χ3n) is 2.54. The molecule has 92 valence electrons. The van der Waals surface area contributed by atoms with Crippen LogP contribution in [0, 0.1) is 6.92 Å². The maximum Gasteiger partial charge on any atom is 0.242 e. The molecule has 0 spiro atoms. The molecule has 0 aliphatic carbocycles. The summed E-state index contributed by atoms with van der Waals surface area (Å²) < 4.78 is 5.24. The van der Waals surface area contributed by atoms with Crippen LogP contribution >= 0.6 is 11.6 Å². The zero-order chi connectivity index (χ0) is 12.4. The Kier molecular flexibility index (Phi) is 3.44. The SMILES string of the molecule is Cc1nc(Cl)cc(N2CCOCC2C(N)=O)n1. The van der Waals surface area contributed by atoms with E-state index in [0.717, 1.165) is 0 Å². The number of hydrogen-bond donors (Lipinski definition) is 1. The van der Waals surface area contributed by atoms with Gasteiger partial charge in [-0.1, -0.05) is 11.6 Å². The Balaban J connectivity index is 2.32. The number of carbonyl (C=O) groups excluding carboxylic acids is 1. The topological polar surface area (TPSA) is 81.3 Å². The van der Waals surface area contributed by atoms with E-state index in [2.05, 4.69) is 9.97 Å². The molecule has 1 saturated heterocycles. The molecule has 1 aromatic heterocycles. The van der Waals surface area contributed by atoms with E-state index in [1.54, 1.807) is 17.9 Å². The van der Waals surface area contributed by atoms with E-state index in [0.29, 0.717) is 29.9 Å². The molecule has 1 unspecified atom stereocenters. The van der Waals surface area contributed by atoms with Crippen LogP contribution in [0.1, 0.15) is 5.82 Å². The van der Waals surface area contributed by atoms with Gasteiger partial charge in [-0.3, -0.25) is 4.79 Å². The molecule has 1 atom stereocenters. The van der Waals surface area contributed by atoms with Gasteiger partial charge in [0.15, 0.2) is 0 Å². The molecule has 0 saturated carbocycles. The van der Waals surface area contributed by atoms with Gasteiger partial charge in [0.2, 0.25) is 5.91 Å². The van der Waals surface area contributed by atoms with Crippen LogP contribution in [0.5, 0.6) is 0 Å². The molecular weight excluding hydrogens is 244 g/mol. The summed E-state index contributed by atoms with van der Waals surface area (Å²) >= 11 is 5.87. The number of aromatic nitrogens is 2. The average molecular weight is 257 g/mol. The quantitative estimate of drug-likeness (QED) is 0.761. The number of ether oxygens (including phenoxy) is 1. The molecule has 6 nitrogen and oxygen atoms in total. The number of nitrogens with zero attached hydrogens (tertiary/aromatic N) is 3. The first-order valence-corrected chi connectivity index (χ1v) is 5.60. The van der Waals surface area contributed by atoms with Gasteiger partial charge in [-0.25, -0.2) is 9.97 Å². The van der Waals surface area contributed by atoms with E-state index >= 15 is 0 Å². The molecule has 1 aliphatic heterocycles. The van der Waals surface area contributed by atoms with Crippen LogP contribution in [0.4, 0.5) is 5.82 Å². The summed E-state index contributed by atoms with van der Waals surface area (Å²) in [5.41, 5.74) is 5.33. The van der Waals surface area contributed by atoms with Crippen molar-refractivity contribution in [3.05, 3.63) is 17.0 Å². The summed E-state index contributed by atoms with van der Waals surface area (Å²) in [5.74, 6) is 0.730. The predicted octanol–water partition coefficient (Wildman–Crippen LogP) is 0.129. The molecule has 1 aromatic rings. The minimum absolute atomic E-state index is 0.274. The molecule has 2 heterocycles. The highest BCUT2D eigenvalue weighted by Crippen LogP contribution is 2.20. The van der Waals surface area contributed by atoms with Gasteiger partial charge in [0.25, 0.3) is 0 Å². The number of rotatable bonds is 2. The molecule has 0 radical (unpaired) electrons. The highest BCUT2D eigenvalue weighted by atomic mass is 35.5. The number of aryl methyl sites for hydroxylation is 1. The summed E-state index contributed by atoms with van der Waals surface area (Å²) in [6.45, 7) is 3.11. The lowest BCUT2D eigenvalue weighted by Gasteiger charge is -2.34. The van der Waals surface area contributed by atoms with E-state index < -0.39 is 11.9 Å². The lowest BCUT2D eigenvalue weighted by molar-refractivity contribution is -0.121. The number of halogens is 1. The maximum absolute atomic E-state index is 11.3. The molecule has 2 rings (SSSR count). The van der Waals surface area contributed by atoms with Gasteiger partial charge in [-0.2, -0.15) is 0 Å². The average Bonchev–Trinajstić information content (AvgIpc) is 2.27. The van der Waals surface area contributed by atoms with Gasteiger partial charge in [0.1, 0.15) is 22.8 Å². The molecule has 1 amide bonds. The number of carbonyl (C=O) groups is 1. The monoisotopic (exact) mass is 256 g/mol. The van der Waals surface area contributed by atoms with Crippen LogP contribution in [-0.2, 0) is 9.53 Å². The molecule has 2 N–H and O–H groups in total. The molecule has 17 heavy (non-hydrogen) atoms. The molecular formula is C10H13ClN4O2. The summed E-state index contributed by atoms with van der Waals surface area (Å²) in [5, 5.41) is 0.349. The Hall–Kier alpha value is -1.40. The normalized spacial score (nSPS) is 20.4. The molecule has 1 aliphatic rings. The van der Waals surface area contributed by atoms with Crippen molar-refractivity contribution >= 4 is 23.3 Å². The van der Waals surface area contributed by atoms with E-state index in [9.17, 15) is 4.79 Å². The Morgan fingerprint density at radius 2 is 2.41 bits per heavy atom. The van der Waals surface area contributed by atoms with Crippen molar-refractivity contribution in [1.29, 1.82) is 0 Å². The van der Waals surface area contributed by atoms with Crippen molar-refractivity contribution < 1.29 is 9.53 Å². The first kappa shape index (κ1) is 12.1. The number of anilines is 1. The van der Waals surface area contributed by atoms with Crippen LogP contribution in [-0.4, -0.2) is 41.7 Å². The Bertz CT molecular complexity index is 420. The first-order chi connectivity index (χ1) is 8.08. The Morgan fingerprint density at radius 1 is 1.65 bits per heavy atom. The van der Waals surface area contributed by atoms with Crippen molar-refractivity contribution in [3.8, 4) is 0 Å². The standard InChI is InChI=1S/C10H13ClN4O2/c1-6-13-8(11)4-9(14-6)15-2-3-17-5-7(15)10(12)16/h4,7H,2-3,5H2,1H3,(H2,12,16). The molecule has 0 aromatic carbocycles. The fraction of sp³-hybridized carbons (Fsp3) is 0.500. The van der Waals surface area contributed by atoms with Gasteiger partial charge in [-0.15, -0.1) is 0 Å². The van der Waals surface area contributed by atoms with Crippen LogP contribution in [0.3, 0.4) is 0 Å². The van der Waals surface area contributed by atoms with Crippen molar-refractivity contribution in [1.82, 2.24) is 9.97 Å². The second-order valence-corrected chi connectivity index (χ2v) is 4.17. The predicted molar refractivity (Wildman–Crippen MR) is 62.9 cm³/mol. The number of hydrogen-bond acceptors (Lipinski definition) is 5. The molecule has 1 fully saturated rings. The van der Waals surface area contributed by atoms with Gasteiger partial charge in [0, 0.05) is 12.6 Å². The lowest BCUT2D eigenvalue weighted by Crippen LogP contribution is -2.53. The first-order valence-electron chi connectivity index (χ1n) is 5.23. The second-order valence-electron chi connectivity index (χ2n) is 3.78. The van der Waals surface area contributed by atoms with Crippen LogP contribution in [0.15, 0.2) is 6.07 Å².